The molecular formula is C25H32F2N2O4. The van der Waals surface area contributed by atoms with E-state index < -0.39 is 11.2 Å². The Labute approximate surface area is 193 Å². The Balaban J connectivity index is 1.34. The number of aliphatic hydroxyl groups is 2. The van der Waals surface area contributed by atoms with Crippen LogP contribution in [0.4, 0.5) is 14.5 Å². The van der Waals surface area contributed by atoms with E-state index in [1.807, 2.05) is 11.0 Å². The van der Waals surface area contributed by atoms with Gasteiger partial charge < -0.3 is 24.6 Å². The smallest absolute Gasteiger partial charge is 0.134 e. The molecule has 0 aromatic heterocycles. The Morgan fingerprint density at radius 3 is 2.55 bits per heavy atom. The molecule has 4 rings (SSSR count). The van der Waals surface area contributed by atoms with Crippen molar-refractivity contribution in [2.24, 2.45) is 0 Å². The fraction of sp³-hybridized carbons (Fsp3) is 0.520. The van der Waals surface area contributed by atoms with Crippen LogP contribution in [0.25, 0.3) is 0 Å². The lowest BCUT2D eigenvalue weighted by Gasteiger charge is -2.42. The highest BCUT2D eigenvalue weighted by Crippen LogP contribution is 2.28. The van der Waals surface area contributed by atoms with Gasteiger partial charge in [-0.15, -0.1) is 0 Å². The highest BCUT2D eigenvalue weighted by atomic mass is 19.1. The Morgan fingerprint density at radius 1 is 1.03 bits per heavy atom. The molecule has 2 heterocycles. The summed E-state index contributed by atoms with van der Waals surface area (Å²) in [6, 6.07) is 11.0. The lowest BCUT2D eigenvalue weighted by atomic mass is 9.90. The van der Waals surface area contributed by atoms with E-state index in [-0.39, 0.29) is 24.8 Å². The van der Waals surface area contributed by atoms with Gasteiger partial charge in [-0.3, -0.25) is 4.90 Å². The minimum Gasteiger partial charge on any atom is -0.490 e. The molecular weight excluding hydrogens is 430 g/mol. The van der Waals surface area contributed by atoms with E-state index >= 15 is 0 Å². The number of piperidine rings is 1. The van der Waals surface area contributed by atoms with Crippen LogP contribution in [0.15, 0.2) is 42.5 Å². The highest BCUT2D eigenvalue weighted by molar-refractivity contribution is 5.47. The SMILES string of the molecule is Cc1cc(OCC2(O)COCCN(CC3(O)CCN(c4cccc(F)c4)CC3)C2)ccc1F. The van der Waals surface area contributed by atoms with Crippen LogP contribution in [0.1, 0.15) is 18.4 Å². The quantitative estimate of drug-likeness (QED) is 0.689. The van der Waals surface area contributed by atoms with Crippen LogP contribution >= 0.6 is 0 Å². The maximum Gasteiger partial charge on any atom is 0.134 e. The van der Waals surface area contributed by atoms with Gasteiger partial charge in [-0.1, -0.05) is 6.07 Å². The van der Waals surface area contributed by atoms with E-state index in [1.54, 1.807) is 19.1 Å². The number of β-amino-alcohol motifs (C(OH)–C–C–N with tert-alkyl or cyclic N) is 2. The fourth-order valence-corrected chi connectivity index (χ4v) is 4.57. The number of aryl methyl sites for hydroxylation is 1. The van der Waals surface area contributed by atoms with E-state index in [0.717, 1.165) is 5.69 Å². The Morgan fingerprint density at radius 2 is 1.82 bits per heavy atom. The summed E-state index contributed by atoms with van der Waals surface area (Å²) in [4.78, 5) is 4.10. The number of ether oxygens (including phenoxy) is 2. The first kappa shape index (κ1) is 23.9. The van der Waals surface area contributed by atoms with Gasteiger partial charge in [0.05, 0.1) is 18.8 Å². The van der Waals surface area contributed by atoms with Gasteiger partial charge in [0.1, 0.15) is 29.6 Å². The van der Waals surface area contributed by atoms with Gasteiger partial charge in [0.25, 0.3) is 0 Å². The third-order valence-electron chi connectivity index (χ3n) is 6.46. The average Bonchev–Trinajstić information content (AvgIpc) is 2.96. The molecule has 2 aromatic carbocycles. The van der Waals surface area contributed by atoms with Crippen molar-refractivity contribution < 1.29 is 28.5 Å². The summed E-state index contributed by atoms with van der Waals surface area (Å²) in [6.45, 7) is 4.78. The summed E-state index contributed by atoms with van der Waals surface area (Å²) >= 11 is 0. The molecule has 0 bridgehead atoms. The highest BCUT2D eigenvalue weighted by Gasteiger charge is 2.39. The minimum absolute atomic E-state index is 0.000347. The molecule has 180 valence electrons. The molecule has 0 radical (unpaired) electrons. The molecule has 8 heteroatoms. The molecule has 1 atom stereocenters. The lowest BCUT2D eigenvalue weighted by molar-refractivity contribution is -0.0742. The van der Waals surface area contributed by atoms with Crippen LogP contribution in [-0.2, 0) is 4.74 Å². The van der Waals surface area contributed by atoms with Crippen molar-refractivity contribution in [2.45, 2.75) is 31.0 Å². The first-order valence-electron chi connectivity index (χ1n) is 11.4. The molecule has 2 aromatic rings. The van der Waals surface area contributed by atoms with Crippen LogP contribution in [-0.4, -0.2) is 78.9 Å². The lowest BCUT2D eigenvalue weighted by Crippen LogP contribution is -2.55. The number of hydrogen-bond acceptors (Lipinski definition) is 6. The molecule has 2 aliphatic rings. The van der Waals surface area contributed by atoms with Crippen LogP contribution in [0, 0.1) is 18.6 Å². The van der Waals surface area contributed by atoms with Gasteiger partial charge in [0.15, 0.2) is 0 Å². The molecule has 0 aliphatic carbocycles. The van der Waals surface area contributed by atoms with Crippen molar-refractivity contribution in [1.82, 2.24) is 4.90 Å². The second kappa shape index (κ2) is 9.93. The zero-order valence-corrected chi connectivity index (χ0v) is 19.0. The van der Waals surface area contributed by atoms with Gasteiger partial charge in [-0.25, -0.2) is 8.78 Å². The molecule has 2 fully saturated rings. The van der Waals surface area contributed by atoms with Crippen LogP contribution < -0.4 is 9.64 Å². The summed E-state index contributed by atoms with van der Waals surface area (Å²) in [5, 5.41) is 22.4. The van der Waals surface area contributed by atoms with E-state index in [9.17, 15) is 19.0 Å². The number of halogens is 2. The van der Waals surface area contributed by atoms with Crippen molar-refractivity contribution in [2.75, 3.05) is 57.4 Å². The van der Waals surface area contributed by atoms with Gasteiger partial charge in [0.2, 0.25) is 0 Å². The zero-order valence-electron chi connectivity index (χ0n) is 19.0. The van der Waals surface area contributed by atoms with Gasteiger partial charge in [-0.2, -0.15) is 0 Å². The third-order valence-corrected chi connectivity index (χ3v) is 6.46. The van der Waals surface area contributed by atoms with Crippen molar-refractivity contribution in [3.8, 4) is 5.75 Å². The second-order valence-corrected chi connectivity index (χ2v) is 9.38. The van der Waals surface area contributed by atoms with Crippen LogP contribution in [0.5, 0.6) is 5.75 Å². The Hall–Kier alpha value is -2.26. The fourth-order valence-electron chi connectivity index (χ4n) is 4.57. The molecule has 6 nitrogen and oxygen atoms in total. The summed E-state index contributed by atoms with van der Waals surface area (Å²) in [5.41, 5.74) is -0.852. The van der Waals surface area contributed by atoms with Crippen LogP contribution in [0.2, 0.25) is 0 Å². The number of hydrogen-bond donors (Lipinski definition) is 2. The predicted molar refractivity (Wildman–Crippen MR) is 122 cm³/mol. The summed E-state index contributed by atoms with van der Waals surface area (Å²) in [6.07, 6.45) is 1.09. The Kier molecular flexibility index (Phi) is 7.19. The molecule has 2 aliphatic heterocycles. The summed E-state index contributed by atoms with van der Waals surface area (Å²) < 4.78 is 38.4. The van der Waals surface area contributed by atoms with E-state index in [1.165, 1.54) is 24.3 Å². The van der Waals surface area contributed by atoms with Crippen molar-refractivity contribution in [3.63, 3.8) is 0 Å². The molecule has 2 N–H and O–H groups in total. The molecule has 0 amide bonds. The molecule has 1 unspecified atom stereocenters. The monoisotopic (exact) mass is 462 g/mol. The number of rotatable bonds is 6. The molecule has 2 saturated heterocycles. The topological polar surface area (TPSA) is 65.4 Å². The standard InChI is InChI=1S/C25H32F2N2O4/c1-19-13-22(5-6-23(19)27)33-18-25(31)16-28(11-12-32-17-25)15-24(30)7-9-29(10-8-24)21-4-2-3-20(26)14-21/h2-6,13-14,30-31H,7-12,15-18H2,1H3. The van der Waals surface area contributed by atoms with Crippen molar-refractivity contribution in [3.05, 3.63) is 59.7 Å². The molecule has 0 saturated carbocycles. The minimum atomic E-state index is -1.25. The second-order valence-electron chi connectivity index (χ2n) is 9.38. The van der Waals surface area contributed by atoms with E-state index in [4.69, 9.17) is 9.47 Å². The molecule has 0 spiro atoms. The zero-order chi connectivity index (χ0) is 23.5. The molecule has 33 heavy (non-hydrogen) atoms. The third kappa shape index (κ3) is 6.20. The number of nitrogens with zero attached hydrogens (tertiary/aromatic N) is 2. The Bertz CT molecular complexity index is 952. The first-order valence-corrected chi connectivity index (χ1v) is 11.4. The largest absolute Gasteiger partial charge is 0.490 e. The average molecular weight is 463 g/mol. The van der Waals surface area contributed by atoms with Gasteiger partial charge >= 0.3 is 0 Å². The summed E-state index contributed by atoms with van der Waals surface area (Å²) in [5.74, 6) is -0.0848. The van der Waals surface area contributed by atoms with Crippen LogP contribution in [0.3, 0.4) is 0 Å². The van der Waals surface area contributed by atoms with Gasteiger partial charge in [0, 0.05) is 38.4 Å². The maximum atomic E-state index is 13.6. The number of benzene rings is 2. The van der Waals surface area contributed by atoms with Crippen molar-refractivity contribution in [1.29, 1.82) is 0 Å². The van der Waals surface area contributed by atoms with Gasteiger partial charge in [-0.05, 0) is 61.7 Å². The van der Waals surface area contributed by atoms with Crippen molar-refractivity contribution >= 4 is 5.69 Å². The normalized spacial score (nSPS) is 23.8. The maximum absolute atomic E-state index is 13.6. The predicted octanol–water partition coefficient (Wildman–Crippen LogP) is 2.75. The first-order chi connectivity index (χ1) is 15.7. The number of anilines is 1. The summed E-state index contributed by atoms with van der Waals surface area (Å²) in [7, 11) is 0. The van der Waals surface area contributed by atoms with E-state index in [0.29, 0.717) is 63.5 Å². The van der Waals surface area contributed by atoms with E-state index in [2.05, 4.69) is 4.90 Å².